The summed E-state index contributed by atoms with van der Waals surface area (Å²) in [6.07, 6.45) is 1.74. The van der Waals surface area contributed by atoms with E-state index in [4.69, 9.17) is 0 Å². The Balaban J connectivity index is 2.25. The van der Waals surface area contributed by atoms with Gasteiger partial charge in [-0.05, 0) is 32.9 Å². The maximum absolute atomic E-state index is 12.4. The van der Waals surface area contributed by atoms with Crippen LogP contribution in [0.5, 0.6) is 0 Å². The number of nitrogens with one attached hydrogen (secondary N) is 2. The first kappa shape index (κ1) is 14.5. The van der Waals surface area contributed by atoms with Gasteiger partial charge >= 0.3 is 0 Å². The molecular formula is C14H18N4OS. The van der Waals surface area contributed by atoms with Crippen LogP contribution in [-0.4, -0.2) is 22.9 Å². The Labute approximate surface area is 122 Å². The lowest BCUT2D eigenvalue weighted by atomic mass is 10.1. The average molecular weight is 290 g/mol. The molecule has 0 unspecified atom stereocenters. The molecule has 0 saturated heterocycles. The number of nitrogens with zero attached hydrogens (tertiary/aromatic N) is 2. The number of aryl methyl sites for hydroxylation is 1. The molecule has 20 heavy (non-hydrogen) atoms. The van der Waals surface area contributed by atoms with Gasteiger partial charge in [-0.15, -0.1) is 11.3 Å². The summed E-state index contributed by atoms with van der Waals surface area (Å²) in [5, 5.41) is 8.72. The quantitative estimate of drug-likeness (QED) is 0.908. The average Bonchev–Trinajstić information content (AvgIpc) is 2.92. The van der Waals surface area contributed by atoms with E-state index in [0.717, 1.165) is 10.7 Å². The van der Waals surface area contributed by atoms with Gasteiger partial charge < -0.3 is 10.6 Å². The lowest BCUT2D eigenvalue weighted by Crippen LogP contribution is -2.41. The second kappa shape index (κ2) is 5.58. The zero-order valence-electron chi connectivity index (χ0n) is 12.0. The molecule has 0 aliphatic heterocycles. The van der Waals surface area contributed by atoms with Gasteiger partial charge in [-0.1, -0.05) is 0 Å². The number of hydrogen-bond acceptors (Lipinski definition) is 5. The Morgan fingerprint density at radius 2 is 2.10 bits per heavy atom. The summed E-state index contributed by atoms with van der Waals surface area (Å²) in [5.74, 6) is 0.416. The monoisotopic (exact) mass is 290 g/mol. The van der Waals surface area contributed by atoms with Crippen LogP contribution < -0.4 is 10.6 Å². The number of aromatic nitrogens is 2. The van der Waals surface area contributed by atoms with Gasteiger partial charge in [-0.2, -0.15) is 0 Å². The molecule has 2 aromatic heterocycles. The van der Waals surface area contributed by atoms with E-state index in [1.54, 1.807) is 19.3 Å². The minimum atomic E-state index is -0.513. The third-order valence-corrected chi connectivity index (χ3v) is 4.01. The molecule has 0 aliphatic rings. The molecule has 0 radical (unpaired) electrons. The van der Waals surface area contributed by atoms with Crippen molar-refractivity contribution in [3.8, 4) is 0 Å². The van der Waals surface area contributed by atoms with Gasteiger partial charge in [-0.3, -0.25) is 4.79 Å². The zero-order valence-corrected chi connectivity index (χ0v) is 12.8. The first-order valence-electron chi connectivity index (χ1n) is 6.32. The van der Waals surface area contributed by atoms with Gasteiger partial charge in [-0.25, -0.2) is 9.97 Å². The molecule has 2 rings (SSSR count). The number of carbonyl (C=O) groups excluding carboxylic acids is 1. The van der Waals surface area contributed by atoms with E-state index >= 15 is 0 Å². The molecular weight excluding hydrogens is 272 g/mol. The Kier molecular flexibility index (Phi) is 4.04. The summed E-state index contributed by atoms with van der Waals surface area (Å²) < 4.78 is 0. The van der Waals surface area contributed by atoms with Crippen molar-refractivity contribution in [3.05, 3.63) is 40.0 Å². The summed E-state index contributed by atoms with van der Waals surface area (Å²) in [6, 6.07) is 3.60. The summed E-state index contributed by atoms with van der Waals surface area (Å²) >= 11 is 1.52. The molecule has 6 heteroatoms. The molecule has 0 saturated carbocycles. The van der Waals surface area contributed by atoms with Crippen molar-refractivity contribution >= 4 is 23.1 Å². The van der Waals surface area contributed by atoms with Crippen molar-refractivity contribution in [3.63, 3.8) is 0 Å². The first-order chi connectivity index (χ1) is 9.44. The first-order valence-corrected chi connectivity index (χ1v) is 7.20. The summed E-state index contributed by atoms with van der Waals surface area (Å²) in [4.78, 5) is 21.0. The summed E-state index contributed by atoms with van der Waals surface area (Å²) in [6.45, 7) is 5.76. The van der Waals surface area contributed by atoms with Crippen molar-refractivity contribution in [2.75, 3.05) is 12.4 Å². The minimum Gasteiger partial charge on any atom is -0.372 e. The largest absolute Gasteiger partial charge is 0.372 e. The fourth-order valence-corrected chi connectivity index (χ4v) is 2.59. The number of carbonyl (C=O) groups is 1. The molecule has 106 valence electrons. The van der Waals surface area contributed by atoms with Crippen LogP contribution in [0.2, 0.25) is 0 Å². The van der Waals surface area contributed by atoms with Gasteiger partial charge in [0.15, 0.2) is 0 Å². The van der Waals surface area contributed by atoms with Crippen LogP contribution in [0.1, 0.15) is 34.9 Å². The normalized spacial score (nSPS) is 11.2. The smallest absolute Gasteiger partial charge is 0.255 e. The summed E-state index contributed by atoms with van der Waals surface area (Å²) in [5.41, 5.74) is 0.883. The third-order valence-electron chi connectivity index (χ3n) is 2.91. The van der Waals surface area contributed by atoms with Gasteiger partial charge in [0.1, 0.15) is 10.8 Å². The van der Waals surface area contributed by atoms with Crippen LogP contribution in [0, 0.1) is 6.92 Å². The van der Waals surface area contributed by atoms with E-state index in [0.29, 0.717) is 11.4 Å². The number of pyridine rings is 1. The molecule has 5 nitrogen and oxygen atoms in total. The topological polar surface area (TPSA) is 66.9 Å². The fourth-order valence-electron chi connectivity index (χ4n) is 1.87. The fraction of sp³-hybridized carbons (Fsp3) is 0.357. The van der Waals surface area contributed by atoms with Gasteiger partial charge in [0.05, 0.1) is 11.1 Å². The third kappa shape index (κ3) is 2.96. The van der Waals surface area contributed by atoms with Crippen molar-refractivity contribution in [1.82, 2.24) is 15.3 Å². The van der Waals surface area contributed by atoms with E-state index in [9.17, 15) is 4.79 Å². The highest BCUT2D eigenvalue weighted by molar-refractivity contribution is 7.09. The van der Waals surface area contributed by atoms with Crippen LogP contribution in [0.3, 0.4) is 0 Å². The molecule has 0 aliphatic carbocycles. The van der Waals surface area contributed by atoms with Gasteiger partial charge in [0.2, 0.25) is 0 Å². The molecule has 0 bridgehead atoms. The van der Waals surface area contributed by atoms with Crippen LogP contribution in [0.15, 0.2) is 23.7 Å². The minimum absolute atomic E-state index is 0.165. The molecule has 2 heterocycles. The Morgan fingerprint density at radius 3 is 2.70 bits per heavy atom. The van der Waals surface area contributed by atoms with Crippen LogP contribution in [-0.2, 0) is 5.54 Å². The number of anilines is 1. The van der Waals surface area contributed by atoms with E-state index in [-0.39, 0.29) is 5.91 Å². The maximum Gasteiger partial charge on any atom is 0.255 e. The van der Waals surface area contributed by atoms with Gasteiger partial charge in [0, 0.05) is 24.3 Å². The van der Waals surface area contributed by atoms with Crippen molar-refractivity contribution in [2.24, 2.45) is 0 Å². The standard InChI is InChI=1S/C14H18N4OS/c1-9-5-6-10(11(15-4)17-9)12(19)18-14(2,3)13-16-7-8-20-13/h5-8H,1-4H3,(H,15,17)(H,18,19). The van der Waals surface area contributed by atoms with Crippen molar-refractivity contribution in [2.45, 2.75) is 26.3 Å². The van der Waals surface area contributed by atoms with E-state index in [1.165, 1.54) is 11.3 Å². The molecule has 0 spiro atoms. The molecule has 2 aromatic rings. The van der Waals surface area contributed by atoms with E-state index in [1.807, 2.05) is 32.2 Å². The van der Waals surface area contributed by atoms with E-state index in [2.05, 4.69) is 20.6 Å². The Bertz CT molecular complexity index is 608. The predicted octanol–water partition coefficient (Wildman–Crippen LogP) is 2.55. The van der Waals surface area contributed by atoms with E-state index < -0.39 is 5.54 Å². The maximum atomic E-state index is 12.4. The second-order valence-corrected chi connectivity index (χ2v) is 5.91. The molecule has 2 N–H and O–H groups in total. The molecule has 0 fully saturated rings. The van der Waals surface area contributed by atoms with Gasteiger partial charge in [0.25, 0.3) is 5.91 Å². The zero-order chi connectivity index (χ0) is 14.8. The Hall–Kier alpha value is -1.95. The number of rotatable bonds is 4. The van der Waals surface area contributed by atoms with Crippen LogP contribution >= 0.6 is 11.3 Å². The molecule has 1 amide bonds. The number of amides is 1. The SMILES string of the molecule is CNc1nc(C)ccc1C(=O)NC(C)(C)c1nccs1. The summed E-state index contributed by atoms with van der Waals surface area (Å²) in [7, 11) is 1.75. The lowest BCUT2D eigenvalue weighted by Gasteiger charge is -2.24. The predicted molar refractivity (Wildman–Crippen MR) is 81.1 cm³/mol. The highest BCUT2D eigenvalue weighted by atomic mass is 32.1. The van der Waals surface area contributed by atoms with Crippen LogP contribution in [0.4, 0.5) is 5.82 Å². The second-order valence-electron chi connectivity index (χ2n) is 5.02. The van der Waals surface area contributed by atoms with Crippen molar-refractivity contribution in [1.29, 1.82) is 0 Å². The number of hydrogen-bond donors (Lipinski definition) is 2. The number of thiazole rings is 1. The highest BCUT2D eigenvalue weighted by Gasteiger charge is 2.27. The highest BCUT2D eigenvalue weighted by Crippen LogP contribution is 2.23. The molecule has 0 atom stereocenters. The van der Waals surface area contributed by atoms with Crippen LogP contribution in [0.25, 0.3) is 0 Å². The Morgan fingerprint density at radius 1 is 1.35 bits per heavy atom. The van der Waals surface area contributed by atoms with Crippen molar-refractivity contribution < 1.29 is 4.79 Å². The molecule has 0 aromatic carbocycles. The lowest BCUT2D eigenvalue weighted by molar-refractivity contribution is 0.0912.